The first-order valence-corrected chi connectivity index (χ1v) is 6.25. The number of nitrogens with one attached hydrogen (secondary N) is 1. The third-order valence-electron chi connectivity index (χ3n) is 1.90. The molecule has 0 saturated heterocycles. The Hall–Kier alpha value is -1.18. The van der Waals surface area contributed by atoms with E-state index in [4.69, 9.17) is 5.73 Å². The van der Waals surface area contributed by atoms with Gasteiger partial charge in [0.05, 0.1) is 5.69 Å². The van der Waals surface area contributed by atoms with E-state index in [0.29, 0.717) is 18.8 Å². The third kappa shape index (κ3) is 3.76. The minimum absolute atomic E-state index is 0.0891. The summed E-state index contributed by atoms with van der Waals surface area (Å²) in [7, 11) is 0.245. The Balaban J connectivity index is 2.71. The van der Waals surface area contributed by atoms with Gasteiger partial charge in [-0.1, -0.05) is 0 Å². The molecule has 6 nitrogen and oxygen atoms in total. The van der Waals surface area contributed by atoms with E-state index in [-0.39, 0.29) is 4.90 Å². The van der Waals surface area contributed by atoms with E-state index in [1.54, 1.807) is 0 Å². The van der Waals surface area contributed by atoms with Crippen molar-refractivity contribution in [3.8, 4) is 0 Å². The highest BCUT2D eigenvalue weighted by molar-refractivity contribution is 7.89. The molecule has 0 aliphatic heterocycles. The van der Waals surface area contributed by atoms with Crippen LogP contribution in [0.5, 0.6) is 0 Å². The summed E-state index contributed by atoms with van der Waals surface area (Å²) in [4.78, 5) is 5.72. The summed E-state index contributed by atoms with van der Waals surface area (Å²) in [5.74, 6) is 0. The van der Waals surface area contributed by atoms with Crippen molar-refractivity contribution in [3.63, 3.8) is 0 Å². The van der Waals surface area contributed by atoms with Crippen molar-refractivity contribution >= 4 is 15.7 Å². The fourth-order valence-corrected chi connectivity index (χ4v) is 2.09. The maximum atomic E-state index is 11.7. The van der Waals surface area contributed by atoms with E-state index < -0.39 is 10.0 Å². The van der Waals surface area contributed by atoms with E-state index >= 15 is 0 Å². The molecule has 1 aromatic rings. The van der Waals surface area contributed by atoms with E-state index in [0.717, 1.165) is 0 Å². The maximum absolute atomic E-state index is 11.7. The first-order chi connectivity index (χ1) is 7.42. The SMILES string of the molecule is CN(C)CCNS(=O)(=O)c1cncc(N)c1. The molecule has 0 amide bonds. The van der Waals surface area contributed by atoms with Crippen LogP contribution < -0.4 is 10.5 Å². The standard InChI is InChI=1S/C9H16N4O2S/c1-13(2)4-3-12-16(14,15)9-5-8(10)6-11-7-9/h5-7,12H,3-4,10H2,1-2H3. The number of hydrogen-bond acceptors (Lipinski definition) is 5. The zero-order valence-electron chi connectivity index (χ0n) is 9.34. The molecule has 0 fully saturated rings. The number of rotatable bonds is 5. The van der Waals surface area contributed by atoms with E-state index in [1.807, 2.05) is 19.0 Å². The smallest absolute Gasteiger partial charge is 0.242 e. The molecule has 7 heteroatoms. The summed E-state index contributed by atoms with van der Waals surface area (Å²) in [5.41, 5.74) is 5.80. The lowest BCUT2D eigenvalue weighted by atomic mass is 10.4. The lowest BCUT2D eigenvalue weighted by Gasteiger charge is -2.10. The molecule has 0 unspecified atom stereocenters. The summed E-state index contributed by atoms with van der Waals surface area (Å²) < 4.78 is 26.0. The van der Waals surface area contributed by atoms with Gasteiger partial charge in [0.15, 0.2) is 0 Å². The second kappa shape index (κ2) is 5.24. The van der Waals surface area contributed by atoms with Gasteiger partial charge in [0, 0.05) is 25.5 Å². The van der Waals surface area contributed by atoms with Crippen molar-refractivity contribution in [3.05, 3.63) is 18.5 Å². The Morgan fingerprint density at radius 3 is 2.69 bits per heavy atom. The third-order valence-corrected chi connectivity index (χ3v) is 3.32. The van der Waals surface area contributed by atoms with Crippen molar-refractivity contribution < 1.29 is 8.42 Å². The molecule has 1 aromatic heterocycles. The minimum atomic E-state index is -3.50. The van der Waals surface area contributed by atoms with Gasteiger partial charge in [0.1, 0.15) is 4.90 Å². The van der Waals surface area contributed by atoms with Crippen molar-refractivity contribution in [2.45, 2.75) is 4.90 Å². The second-order valence-corrected chi connectivity index (χ2v) is 5.42. The predicted octanol–water partition coefficient (Wildman–Crippen LogP) is -0.496. The molecular formula is C9H16N4O2S. The largest absolute Gasteiger partial charge is 0.397 e. The van der Waals surface area contributed by atoms with Gasteiger partial charge in [-0.3, -0.25) is 4.98 Å². The van der Waals surface area contributed by atoms with E-state index in [2.05, 4.69) is 9.71 Å². The van der Waals surface area contributed by atoms with Crippen LogP contribution in [-0.2, 0) is 10.0 Å². The zero-order chi connectivity index (χ0) is 12.2. The highest BCUT2D eigenvalue weighted by Crippen LogP contribution is 2.09. The minimum Gasteiger partial charge on any atom is -0.397 e. The highest BCUT2D eigenvalue weighted by Gasteiger charge is 2.13. The van der Waals surface area contributed by atoms with Gasteiger partial charge in [-0.25, -0.2) is 13.1 Å². The molecule has 0 atom stereocenters. The fraction of sp³-hybridized carbons (Fsp3) is 0.444. The van der Waals surface area contributed by atoms with Crippen LogP contribution in [-0.4, -0.2) is 45.5 Å². The predicted molar refractivity (Wildman–Crippen MR) is 62.4 cm³/mol. The highest BCUT2D eigenvalue weighted by atomic mass is 32.2. The lowest BCUT2D eigenvalue weighted by Crippen LogP contribution is -2.31. The molecule has 90 valence electrons. The number of anilines is 1. The molecule has 0 saturated carbocycles. The topological polar surface area (TPSA) is 88.3 Å². The quantitative estimate of drug-likeness (QED) is 0.729. The molecule has 0 aliphatic rings. The van der Waals surface area contributed by atoms with Crippen LogP contribution in [0.15, 0.2) is 23.4 Å². The molecule has 0 aromatic carbocycles. The molecule has 0 spiro atoms. The van der Waals surface area contributed by atoms with Crippen LogP contribution >= 0.6 is 0 Å². The maximum Gasteiger partial charge on any atom is 0.242 e. The molecule has 3 N–H and O–H groups in total. The van der Waals surface area contributed by atoms with Gasteiger partial charge >= 0.3 is 0 Å². The van der Waals surface area contributed by atoms with Crippen molar-refractivity contribution in [2.75, 3.05) is 32.9 Å². The number of aromatic nitrogens is 1. The van der Waals surface area contributed by atoms with Crippen LogP contribution in [0.1, 0.15) is 0 Å². The first kappa shape index (κ1) is 12.9. The van der Waals surface area contributed by atoms with Crippen molar-refractivity contribution in [1.29, 1.82) is 0 Å². The number of nitrogens with two attached hydrogens (primary N) is 1. The van der Waals surface area contributed by atoms with Crippen LogP contribution in [0.2, 0.25) is 0 Å². The summed E-state index contributed by atoms with van der Waals surface area (Å²) in [5, 5.41) is 0. The second-order valence-electron chi connectivity index (χ2n) is 3.66. The molecular weight excluding hydrogens is 228 g/mol. The van der Waals surface area contributed by atoms with Gasteiger partial charge in [-0.05, 0) is 20.2 Å². The van der Waals surface area contributed by atoms with Crippen molar-refractivity contribution in [2.24, 2.45) is 0 Å². The average Bonchev–Trinajstić information content (AvgIpc) is 2.16. The van der Waals surface area contributed by atoms with Gasteiger partial charge in [0.2, 0.25) is 10.0 Å². The van der Waals surface area contributed by atoms with Crippen LogP contribution in [0.25, 0.3) is 0 Å². The van der Waals surface area contributed by atoms with Gasteiger partial charge < -0.3 is 10.6 Å². The van der Waals surface area contributed by atoms with Crippen LogP contribution in [0.4, 0.5) is 5.69 Å². The Bertz CT molecular complexity index is 445. The summed E-state index contributed by atoms with van der Waals surface area (Å²) >= 11 is 0. The fourth-order valence-electron chi connectivity index (χ4n) is 1.07. The summed E-state index contributed by atoms with van der Waals surface area (Å²) in [6.07, 6.45) is 2.67. The Kier molecular flexibility index (Phi) is 4.22. The number of sulfonamides is 1. The first-order valence-electron chi connectivity index (χ1n) is 4.77. The monoisotopic (exact) mass is 244 g/mol. The number of nitrogen functional groups attached to an aromatic ring is 1. The Morgan fingerprint density at radius 2 is 2.12 bits per heavy atom. The van der Waals surface area contributed by atoms with Gasteiger partial charge in [-0.2, -0.15) is 0 Å². The van der Waals surface area contributed by atoms with Crippen LogP contribution in [0, 0.1) is 0 Å². The molecule has 0 aliphatic carbocycles. The number of likely N-dealkylation sites (N-methyl/N-ethyl adjacent to an activating group) is 1. The number of hydrogen-bond donors (Lipinski definition) is 2. The summed E-state index contributed by atoms with van der Waals surface area (Å²) in [6.45, 7) is 0.985. The van der Waals surface area contributed by atoms with E-state index in [9.17, 15) is 8.42 Å². The molecule has 0 radical (unpaired) electrons. The Morgan fingerprint density at radius 1 is 1.44 bits per heavy atom. The van der Waals surface area contributed by atoms with Gasteiger partial charge in [0.25, 0.3) is 0 Å². The molecule has 1 rings (SSSR count). The average molecular weight is 244 g/mol. The number of pyridine rings is 1. The van der Waals surface area contributed by atoms with Crippen LogP contribution in [0.3, 0.4) is 0 Å². The Labute approximate surface area is 95.5 Å². The zero-order valence-corrected chi connectivity index (χ0v) is 10.2. The molecule has 1 heterocycles. The molecule has 16 heavy (non-hydrogen) atoms. The van der Waals surface area contributed by atoms with Crippen molar-refractivity contribution in [1.82, 2.24) is 14.6 Å². The van der Waals surface area contributed by atoms with E-state index in [1.165, 1.54) is 18.5 Å². The normalized spacial score (nSPS) is 11.9. The molecule has 0 bridgehead atoms. The lowest BCUT2D eigenvalue weighted by molar-refractivity contribution is 0.412. The summed E-state index contributed by atoms with van der Waals surface area (Å²) in [6, 6.07) is 1.38. The van der Waals surface area contributed by atoms with Gasteiger partial charge in [-0.15, -0.1) is 0 Å². The number of nitrogens with zero attached hydrogens (tertiary/aromatic N) is 2.